The molecule has 1 atom stereocenters. The van der Waals surface area contributed by atoms with Crippen LogP contribution in [0.3, 0.4) is 0 Å². The molecule has 0 fully saturated rings. The van der Waals surface area contributed by atoms with E-state index in [0.29, 0.717) is 5.82 Å². The van der Waals surface area contributed by atoms with Crippen molar-refractivity contribution in [3.63, 3.8) is 0 Å². The van der Waals surface area contributed by atoms with E-state index in [9.17, 15) is 0 Å². The molecule has 1 aliphatic heterocycles. The number of nitrogens with one attached hydrogen (secondary N) is 1. The Morgan fingerprint density at radius 2 is 1.23 bits per heavy atom. The lowest BCUT2D eigenvalue weighted by Gasteiger charge is -2.16. The van der Waals surface area contributed by atoms with Crippen LogP contribution in [0.2, 0.25) is 0 Å². The van der Waals surface area contributed by atoms with Crippen LogP contribution < -0.4 is 5.32 Å². The molecule has 5 heterocycles. The second kappa shape index (κ2) is 13.9. The number of dihydropyridines is 1. The van der Waals surface area contributed by atoms with Crippen molar-refractivity contribution in [3.8, 4) is 67.4 Å². The Morgan fingerprint density at radius 1 is 0.509 bits per heavy atom. The second-order valence-electron chi connectivity index (χ2n) is 13.2. The summed E-state index contributed by atoms with van der Waals surface area (Å²) >= 11 is 0. The highest BCUT2D eigenvalue weighted by Crippen LogP contribution is 2.36. The minimum atomic E-state index is 0.0357. The zero-order chi connectivity index (χ0) is 35.6. The second-order valence-corrected chi connectivity index (χ2v) is 13.2. The van der Waals surface area contributed by atoms with Gasteiger partial charge in [-0.1, -0.05) is 96.6 Å². The van der Waals surface area contributed by atoms with Gasteiger partial charge in [0.25, 0.3) is 0 Å². The van der Waals surface area contributed by atoms with Crippen LogP contribution in [0.5, 0.6) is 0 Å². The lowest BCUT2D eigenvalue weighted by molar-refractivity contribution is 0.721. The van der Waals surface area contributed by atoms with Crippen LogP contribution in [0.1, 0.15) is 17.3 Å². The molecule has 0 aliphatic carbocycles. The Hall–Kier alpha value is -7.05. The maximum absolute atomic E-state index is 5.32. The average Bonchev–Trinajstić information content (AvgIpc) is 3.24. The standard InChI is InChI=1S/C47H34N6/c1-31-13-15-32(16-14-31)34-17-20-41-40(28-34)46(33-9-3-2-4-10-33)53-47(52-41)39-26-37(35-18-21-44(50-29-35)42-11-5-7-23-48-42)25-38(27-39)36-19-22-45(51-30-36)43-12-6-8-24-49-43/h2-30,42,48H,1H3. The zero-order valence-corrected chi connectivity index (χ0v) is 29.1. The van der Waals surface area contributed by atoms with Crippen LogP contribution in [-0.4, -0.2) is 24.9 Å². The smallest absolute Gasteiger partial charge is 0.160 e. The molecule has 1 unspecified atom stereocenters. The fourth-order valence-corrected chi connectivity index (χ4v) is 6.71. The largest absolute Gasteiger partial charge is 0.379 e. The molecule has 0 amide bonds. The summed E-state index contributed by atoms with van der Waals surface area (Å²) in [6.45, 7) is 2.11. The van der Waals surface area contributed by atoms with Crippen molar-refractivity contribution in [1.82, 2.24) is 30.2 Å². The van der Waals surface area contributed by atoms with Crippen molar-refractivity contribution in [3.05, 3.63) is 188 Å². The van der Waals surface area contributed by atoms with Crippen molar-refractivity contribution in [2.75, 3.05) is 0 Å². The van der Waals surface area contributed by atoms with Crippen LogP contribution in [0.15, 0.2) is 176 Å². The van der Waals surface area contributed by atoms with Crippen LogP contribution in [-0.2, 0) is 0 Å². The maximum atomic E-state index is 5.32. The number of fused-ring (bicyclic) bond motifs is 1. The molecule has 0 bridgehead atoms. The van der Waals surface area contributed by atoms with E-state index in [4.69, 9.17) is 19.9 Å². The monoisotopic (exact) mass is 682 g/mol. The molecular formula is C47H34N6. The van der Waals surface area contributed by atoms with Gasteiger partial charge in [-0.25, -0.2) is 9.97 Å². The molecule has 53 heavy (non-hydrogen) atoms. The van der Waals surface area contributed by atoms with Crippen molar-refractivity contribution in [1.29, 1.82) is 0 Å². The van der Waals surface area contributed by atoms with E-state index in [1.165, 1.54) is 5.56 Å². The summed E-state index contributed by atoms with van der Waals surface area (Å²) in [5.41, 5.74) is 13.8. The van der Waals surface area contributed by atoms with Crippen molar-refractivity contribution in [2.24, 2.45) is 0 Å². The number of hydrogen-bond acceptors (Lipinski definition) is 6. The third-order valence-corrected chi connectivity index (χ3v) is 9.57. The molecule has 0 spiro atoms. The zero-order valence-electron chi connectivity index (χ0n) is 29.1. The minimum Gasteiger partial charge on any atom is -0.379 e. The van der Waals surface area contributed by atoms with Crippen LogP contribution in [0, 0.1) is 6.92 Å². The summed E-state index contributed by atoms with van der Waals surface area (Å²) in [6, 6.07) is 46.2. The van der Waals surface area contributed by atoms with Crippen molar-refractivity contribution < 1.29 is 0 Å². The quantitative estimate of drug-likeness (QED) is 0.180. The van der Waals surface area contributed by atoms with E-state index in [1.54, 1.807) is 6.20 Å². The Morgan fingerprint density at radius 3 is 1.92 bits per heavy atom. The third kappa shape index (κ3) is 6.62. The molecule has 9 rings (SSSR count). The Balaban J connectivity index is 1.19. The molecule has 4 aromatic heterocycles. The molecule has 4 aromatic carbocycles. The Kier molecular flexibility index (Phi) is 8.38. The van der Waals surface area contributed by atoms with Gasteiger partial charge in [0, 0.05) is 46.2 Å². The summed E-state index contributed by atoms with van der Waals surface area (Å²) in [4.78, 5) is 24.7. The maximum Gasteiger partial charge on any atom is 0.160 e. The van der Waals surface area contributed by atoms with Gasteiger partial charge < -0.3 is 5.32 Å². The SMILES string of the molecule is Cc1ccc(-c2ccc3nc(-c4cc(-c5ccc(-c6ccccn6)nc5)cc(-c5ccc(C6C=CC=CN6)nc5)c4)nc(-c4ccccc4)c3c2)cc1. The molecule has 252 valence electrons. The third-order valence-electron chi connectivity index (χ3n) is 9.57. The van der Waals surface area contributed by atoms with Gasteiger partial charge >= 0.3 is 0 Å². The topological polar surface area (TPSA) is 76.5 Å². The first kappa shape index (κ1) is 31.9. The molecule has 0 radical (unpaired) electrons. The van der Waals surface area contributed by atoms with E-state index in [1.807, 2.05) is 61.1 Å². The predicted molar refractivity (Wildman–Crippen MR) is 214 cm³/mol. The molecule has 6 nitrogen and oxygen atoms in total. The number of aryl methyl sites for hydroxylation is 1. The molecule has 6 heteroatoms. The Labute approximate surface area is 308 Å². The number of aromatic nitrogens is 5. The first-order valence-electron chi connectivity index (χ1n) is 17.7. The number of hydrogen-bond donors (Lipinski definition) is 1. The highest BCUT2D eigenvalue weighted by atomic mass is 14.9. The van der Waals surface area contributed by atoms with E-state index in [2.05, 4.69) is 126 Å². The van der Waals surface area contributed by atoms with Gasteiger partial charge in [0.15, 0.2) is 5.82 Å². The lowest BCUT2D eigenvalue weighted by Crippen LogP contribution is -2.16. The summed E-state index contributed by atoms with van der Waals surface area (Å²) in [5.74, 6) is 0.647. The molecule has 1 aliphatic rings. The number of benzene rings is 4. The molecule has 0 saturated heterocycles. The fraction of sp³-hybridized carbons (Fsp3) is 0.0426. The van der Waals surface area contributed by atoms with E-state index < -0.39 is 0 Å². The minimum absolute atomic E-state index is 0.0357. The van der Waals surface area contributed by atoms with Gasteiger partial charge in [0.1, 0.15) is 0 Å². The molecule has 0 saturated carbocycles. The molecule has 8 aromatic rings. The summed E-state index contributed by atoms with van der Waals surface area (Å²) < 4.78 is 0. The number of rotatable bonds is 7. The van der Waals surface area contributed by atoms with E-state index in [-0.39, 0.29) is 6.04 Å². The highest BCUT2D eigenvalue weighted by Gasteiger charge is 2.16. The average molecular weight is 683 g/mol. The van der Waals surface area contributed by atoms with Crippen LogP contribution in [0.25, 0.3) is 78.3 Å². The summed E-state index contributed by atoms with van der Waals surface area (Å²) in [6.07, 6.45) is 13.7. The lowest BCUT2D eigenvalue weighted by atomic mass is 9.96. The van der Waals surface area contributed by atoms with E-state index in [0.717, 1.165) is 78.2 Å². The van der Waals surface area contributed by atoms with E-state index >= 15 is 0 Å². The van der Waals surface area contributed by atoms with Gasteiger partial charge in [0.05, 0.1) is 34.3 Å². The Bertz CT molecular complexity index is 2610. The number of nitrogens with zero attached hydrogens (tertiary/aromatic N) is 5. The summed E-state index contributed by atoms with van der Waals surface area (Å²) in [5, 5.41) is 4.37. The predicted octanol–water partition coefficient (Wildman–Crippen LogP) is 10.8. The van der Waals surface area contributed by atoms with Gasteiger partial charge in [-0.3, -0.25) is 15.0 Å². The van der Waals surface area contributed by atoms with Gasteiger partial charge in [-0.15, -0.1) is 0 Å². The highest BCUT2D eigenvalue weighted by molar-refractivity contribution is 5.96. The first-order valence-corrected chi connectivity index (χ1v) is 17.7. The van der Waals surface area contributed by atoms with Crippen LogP contribution in [0.4, 0.5) is 0 Å². The van der Waals surface area contributed by atoms with Gasteiger partial charge in [-0.2, -0.15) is 0 Å². The first-order chi connectivity index (χ1) is 26.1. The fourth-order valence-electron chi connectivity index (χ4n) is 6.71. The van der Waals surface area contributed by atoms with Gasteiger partial charge in [0.2, 0.25) is 0 Å². The molecule has 1 N–H and O–H groups in total. The van der Waals surface area contributed by atoms with Gasteiger partial charge in [-0.05, 0) is 96.1 Å². The summed E-state index contributed by atoms with van der Waals surface area (Å²) in [7, 11) is 0. The van der Waals surface area contributed by atoms with Crippen LogP contribution >= 0.6 is 0 Å². The van der Waals surface area contributed by atoms with Crippen molar-refractivity contribution in [2.45, 2.75) is 13.0 Å². The number of pyridine rings is 3. The number of allylic oxidation sites excluding steroid dienone is 2. The molecular weight excluding hydrogens is 649 g/mol. The normalized spacial score (nSPS) is 13.6. The van der Waals surface area contributed by atoms with Crippen molar-refractivity contribution >= 4 is 10.9 Å².